The van der Waals surface area contributed by atoms with Gasteiger partial charge in [-0.15, -0.1) is 0 Å². The van der Waals surface area contributed by atoms with Gasteiger partial charge in [0.1, 0.15) is 5.82 Å². The normalized spacial score (nSPS) is 29.4. The average Bonchev–Trinajstić information content (AvgIpc) is 2.47. The third kappa shape index (κ3) is 3.70. The number of nitrogens with one attached hydrogen (secondary N) is 1. The Morgan fingerprint density at radius 1 is 1.23 bits per heavy atom. The van der Waals surface area contributed by atoms with E-state index in [-0.39, 0.29) is 24.1 Å². The zero-order valence-corrected chi connectivity index (χ0v) is 13.3. The standard InChI is InChI=1S/C17H25FN2O2/c1-12-9-20(10-13(2)22-12)17-6-5-14(8-16(17)18)19-15-4-3-7-21-11-15/h5-6,8,12-13,15,19H,3-4,7,9-11H2,1-2H3. The molecule has 0 bridgehead atoms. The number of halogens is 1. The Bertz CT molecular complexity index is 495. The lowest BCUT2D eigenvalue weighted by atomic mass is 10.1. The molecule has 2 fully saturated rings. The number of morpholine rings is 1. The van der Waals surface area contributed by atoms with Gasteiger partial charge in [-0.1, -0.05) is 0 Å². The van der Waals surface area contributed by atoms with Crippen LogP contribution in [0.2, 0.25) is 0 Å². The van der Waals surface area contributed by atoms with Crippen LogP contribution in [0, 0.1) is 5.82 Å². The average molecular weight is 308 g/mol. The fourth-order valence-electron chi connectivity index (χ4n) is 3.32. The van der Waals surface area contributed by atoms with Crippen molar-refractivity contribution >= 4 is 11.4 Å². The molecule has 3 atom stereocenters. The Hall–Kier alpha value is -1.33. The molecule has 0 spiro atoms. The Labute approximate surface area is 131 Å². The molecule has 4 nitrogen and oxygen atoms in total. The molecule has 2 saturated heterocycles. The minimum atomic E-state index is -0.178. The van der Waals surface area contributed by atoms with Gasteiger partial charge in [0.25, 0.3) is 0 Å². The number of ether oxygens (including phenoxy) is 2. The zero-order chi connectivity index (χ0) is 15.5. The maximum Gasteiger partial charge on any atom is 0.148 e. The molecule has 22 heavy (non-hydrogen) atoms. The van der Waals surface area contributed by atoms with E-state index in [0.717, 1.165) is 38.2 Å². The molecule has 2 heterocycles. The van der Waals surface area contributed by atoms with Crippen molar-refractivity contribution in [2.45, 2.75) is 44.9 Å². The molecule has 0 amide bonds. The summed E-state index contributed by atoms with van der Waals surface area (Å²) in [4.78, 5) is 2.07. The molecule has 2 aliphatic rings. The van der Waals surface area contributed by atoms with Crippen molar-refractivity contribution in [2.24, 2.45) is 0 Å². The molecule has 0 aliphatic carbocycles. The second kappa shape index (κ2) is 6.84. The smallest absolute Gasteiger partial charge is 0.148 e. The lowest BCUT2D eigenvalue weighted by molar-refractivity contribution is -0.00539. The zero-order valence-electron chi connectivity index (χ0n) is 13.3. The van der Waals surface area contributed by atoms with Gasteiger partial charge < -0.3 is 19.7 Å². The molecule has 5 heteroatoms. The molecule has 3 rings (SSSR count). The first kappa shape index (κ1) is 15.6. The lowest BCUT2D eigenvalue weighted by Gasteiger charge is -2.37. The van der Waals surface area contributed by atoms with Crippen molar-refractivity contribution < 1.29 is 13.9 Å². The van der Waals surface area contributed by atoms with Gasteiger partial charge in [0, 0.05) is 31.4 Å². The third-order valence-corrected chi connectivity index (χ3v) is 4.24. The fraction of sp³-hybridized carbons (Fsp3) is 0.647. The van der Waals surface area contributed by atoms with Crippen LogP contribution in [0.25, 0.3) is 0 Å². The first-order valence-corrected chi connectivity index (χ1v) is 8.16. The van der Waals surface area contributed by atoms with Crippen molar-refractivity contribution in [3.8, 4) is 0 Å². The van der Waals surface area contributed by atoms with Crippen molar-refractivity contribution in [1.82, 2.24) is 0 Å². The largest absolute Gasteiger partial charge is 0.380 e. The molecule has 2 aliphatic heterocycles. The summed E-state index contributed by atoms with van der Waals surface area (Å²) in [6.07, 6.45) is 2.38. The predicted octanol–water partition coefficient (Wildman–Crippen LogP) is 3.03. The van der Waals surface area contributed by atoms with Crippen LogP contribution in [0.3, 0.4) is 0 Å². The minimum Gasteiger partial charge on any atom is -0.380 e. The van der Waals surface area contributed by atoms with Crippen LogP contribution in [-0.2, 0) is 9.47 Å². The van der Waals surface area contributed by atoms with Gasteiger partial charge in [-0.2, -0.15) is 0 Å². The van der Waals surface area contributed by atoms with Crippen LogP contribution in [0.1, 0.15) is 26.7 Å². The van der Waals surface area contributed by atoms with Crippen LogP contribution in [0.4, 0.5) is 15.8 Å². The number of rotatable bonds is 3. The van der Waals surface area contributed by atoms with E-state index in [1.54, 1.807) is 6.07 Å². The summed E-state index contributed by atoms with van der Waals surface area (Å²) >= 11 is 0. The van der Waals surface area contributed by atoms with E-state index in [4.69, 9.17) is 9.47 Å². The van der Waals surface area contributed by atoms with Gasteiger partial charge in [-0.3, -0.25) is 0 Å². The third-order valence-electron chi connectivity index (χ3n) is 4.24. The summed E-state index contributed by atoms with van der Waals surface area (Å²) in [5.74, 6) is -0.178. The molecule has 0 radical (unpaired) electrons. The van der Waals surface area contributed by atoms with Crippen LogP contribution < -0.4 is 10.2 Å². The van der Waals surface area contributed by atoms with Gasteiger partial charge in [0.15, 0.2) is 0 Å². The molecule has 0 saturated carbocycles. The number of nitrogens with zero attached hydrogens (tertiary/aromatic N) is 1. The molecule has 122 valence electrons. The van der Waals surface area contributed by atoms with E-state index in [2.05, 4.69) is 10.2 Å². The van der Waals surface area contributed by atoms with Crippen LogP contribution in [0.15, 0.2) is 18.2 Å². The lowest BCUT2D eigenvalue weighted by Crippen LogP contribution is -2.45. The monoisotopic (exact) mass is 308 g/mol. The van der Waals surface area contributed by atoms with Gasteiger partial charge >= 0.3 is 0 Å². The highest BCUT2D eigenvalue weighted by Crippen LogP contribution is 2.26. The molecule has 1 N–H and O–H groups in total. The van der Waals surface area contributed by atoms with E-state index in [1.165, 1.54) is 0 Å². The SMILES string of the molecule is CC1CN(c2ccc(NC3CCCOC3)cc2F)CC(C)O1. The molecule has 1 aromatic carbocycles. The van der Waals surface area contributed by atoms with E-state index < -0.39 is 0 Å². The van der Waals surface area contributed by atoms with Gasteiger partial charge in [-0.25, -0.2) is 4.39 Å². The highest BCUT2D eigenvalue weighted by molar-refractivity contribution is 5.57. The Morgan fingerprint density at radius 2 is 2.00 bits per heavy atom. The highest BCUT2D eigenvalue weighted by Gasteiger charge is 2.24. The summed E-state index contributed by atoms with van der Waals surface area (Å²) in [6, 6.07) is 5.70. The first-order chi connectivity index (χ1) is 10.6. The Morgan fingerprint density at radius 3 is 2.64 bits per heavy atom. The number of hydrogen-bond donors (Lipinski definition) is 1. The van der Waals surface area contributed by atoms with E-state index in [1.807, 2.05) is 26.0 Å². The quantitative estimate of drug-likeness (QED) is 0.930. The maximum atomic E-state index is 14.5. The van der Waals surface area contributed by atoms with Crippen molar-refractivity contribution in [3.05, 3.63) is 24.0 Å². The second-order valence-electron chi connectivity index (χ2n) is 6.39. The summed E-state index contributed by atoms with van der Waals surface area (Å²) < 4.78 is 25.6. The van der Waals surface area contributed by atoms with Gasteiger partial charge in [0.2, 0.25) is 0 Å². The van der Waals surface area contributed by atoms with Crippen LogP contribution >= 0.6 is 0 Å². The molecule has 3 unspecified atom stereocenters. The summed E-state index contributed by atoms with van der Waals surface area (Å²) in [6.45, 7) is 7.04. The van der Waals surface area contributed by atoms with E-state index >= 15 is 0 Å². The number of benzene rings is 1. The van der Waals surface area contributed by atoms with E-state index in [9.17, 15) is 4.39 Å². The Balaban J connectivity index is 1.68. The van der Waals surface area contributed by atoms with Crippen LogP contribution in [-0.4, -0.2) is 44.6 Å². The predicted molar refractivity (Wildman–Crippen MR) is 86.1 cm³/mol. The molecular weight excluding hydrogens is 283 g/mol. The fourth-order valence-corrected chi connectivity index (χ4v) is 3.32. The molecule has 1 aromatic rings. The summed E-state index contributed by atoms with van der Waals surface area (Å²) in [5.41, 5.74) is 1.48. The highest BCUT2D eigenvalue weighted by atomic mass is 19.1. The van der Waals surface area contributed by atoms with Crippen LogP contribution in [0.5, 0.6) is 0 Å². The first-order valence-electron chi connectivity index (χ1n) is 8.16. The minimum absolute atomic E-state index is 0.125. The number of hydrogen-bond acceptors (Lipinski definition) is 4. The molecule has 0 aromatic heterocycles. The summed E-state index contributed by atoms with van der Waals surface area (Å²) in [7, 11) is 0. The van der Waals surface area contributed by atoms with Crippen molar-refractivity contribution in [1.29, 1.82) is 0 Å². The van der Waals surface area contributed by atoms with Gasteiger partial charge in [0.05, 0.1) is 24.5 Å². The maximum absolute atomic E-state index is 14.5. The van der Waals surface area contributed by atoms with Crippen molar-refractivity contribution in [3.63, 3.8) is 0 Å². The van der Waals surface area contributed by atoms with Gasteiger partial charge in [-0.05, 0) is 44.9 Å². The van der Waals surface area contributed by atoms with Crippen molar-refractivity contribution in [2.75, 3.05) is 36.5 Å². The molecular formula is C17H25FN2O2. The number of anilines is 2. The van der Waals surface area contributed by atoms with E-state index in [0.29, 0.717) is 12.3 Å². The topological polar surface area (TPSA) is 33.7 Å². The Kier molecular flexibility index (Phi) is 4.84. The second-order valence-corrected chi connectivity index (χ2v) is 6.39. The summed E-state index contributed by atoms with van der Waals surface area (Å²) in [5, 5.41) is 3.36.